The molecule has 3 N–H and O–H groups in total. The van der Waals surface area contributed by atoms with Crippen molar-refractivity contribution in [3.05, 3.63) is 51.0 Å². The number of nitrogens with one attached hydrogen (secondary N) is 3. The number of thiazole rings is 1. The van der Waals surface area contributed by atoms with Crippen LogP contribution >= 0.6 is 11.3 Å². The van der Waals surface area contributed by atoms with Crippen LogP contribution in [0.2, 0.25) is 0 Å². The van der Waals surface area contributed by atoms with Gasteiger partial charge in [-0.1, -0.05) is 12.1 Å². The van der Waals surface area contributed by atoms with Gasteiger partial charge in [0.05, 0.1) is 23.8 Å². The third kappa shape index (κ3) is 5.56. The van der Waals surface area contributed by atoms with E-state index in [1.807, 2.05) is 45.0 Å². The second-order valence-corrected chi connectivity index (χ2v) is 6.85. The van der Waals surface area contributed by atoms with Crippen molar-refractivity contribution in [1.82, 2.24) is 20.9 Å². The van der Waals surface area contributed by atoms with Crippen LogP contribution in [0.5, 0.6) is 0 Å². The first-order chi connectivity index (χ1) is 12.0. The number of aryl methyl sites for hydroxylation is 2. The number of aliphatic imine (C=N–C) groups is 1. The molecule has 2 aromatic rings. The van der Waals surface area contributed by atoms with Crippen LogP contribution in [0.15, 0.2) is 29.3 Å². The van der Waals surface area contributed by atoms with Gasteiger partial charge in [-0.2, -0.15) is 0 Å². The van der Waals surface area contributed by atoms with Crippen LogP contribution in [0.25, 0.3) is 0 Å². The highest BCUT2D eigenvalue weighted by Crippen LogP contribution is 2.16. The Balaban J connectivity index is 1.99. The van der Waals surface area contributed by atoms with Crippen molar-refractivity contribution in [2.75, 3.05) is 13.6 Å². The summed E-state index contributed by atoms with van der Waals surface area (Å²) < 4.78 is 0. The Morgan fingerprint density at radius 1 is 1.20 bits per heavy atom. The molecular formula is C18H25N5OS. The minimum Gasteiger partial charge on any atom is -0.357 e. The van der Waals surface area contributed by atoms with E-state index in [1.54, 1.807) is 18.4 Å². The number of aromatic nitrogens is 1. The average molecular weight is 359 g/mol. The summed E-state index contributed by atoms with van der Waals surface area (Å²) in [7, 11) is 1.63. The maximum atomic E-state index is 11.6. The molecule has 0 bridgehead atoms. The topological polar surface area (TPSA) is 78.4 Å². The van der Waals surface area contributed by atoms with E-state index in [0.717, 1.165) is 28.8 Å². The van der Waals surface area contributed by atoms with Crippen molar-refractivity contribution < 1.29 is 4.79 Å². The average Bonchev–Trinajstić information content (AvgIpc) is 2.94. The normalized spacial score (nSPS) is 11.3. The molecule has 1 heterocycles. The Morgan fingerprint density at radius 2 is 1.92 bits per heavy atom. The largest absolute Gasteiger partial charge is 0.357 e. The zero-order chi connectivity index (χ0) is 18.2. The molecule has 134 valence electrons. The fourth-order valence-corrected chi connectivity index (χ4v) is 3.20. The summed E-state index contributed by atoms with van der Waals surface area (Å²) in [6, 6.07) is 7.48. The lowest BCUT2D eigenvalue weighted by molar-refractivity contribution is 0.0963. The van der Waals surface area contributed by atoms with Gasteiger partial charge in [0.1, 0.15) is 0 Å². The molecule has 7 heteroatoms. The summed E-state index contributed by atoms with van der Waals surface area (Å²) in [6.07, 6.45) is 0. The van der Waals surface area contributed by atoms with Crippen LogP contribution in [-0.4, -0.2) is 30.4 Å². The van der Waals surface area contributed by atoms with E-state index in [9.17, 15) is 4.79 Å². The van der Waals surface area contributed by atoms with E-state index >= 15 is 0 Å². The highest BCUT2D eigenvalue weighted by Gasteiger charge is 2.06. The number of benzene rings is 1. The summed E-state index contributed by atoms with van der Waals surface area (Å²) >= 11 is 1.70. The molecule has 0 spiro atoms. The first kappa shape index (κ1) is 18.9. The van der Waals surface area contributed by atoms with Crippen LogP contribution in [0.4, 0.5) is 0 Å². The predicted octanol–water partition coefficient (Wildman–Crippen LogP) is 2.37. The standard InChI is InChI=1S/C18H25N5OS/c1-5-20-18(22-11-16-12(2)23-13(3)25-16)21-10-14-6-8-15(9-7-14)17(24)19-4/h6-9H,5,10-11H2,1-4H3,(H,19,24)(H2,20,21,22). The summed E-state index contributed by atoms with van der Waals surface area (Å²) in [4.78, 5) is 21.8. The maximum Gasteiger partial charge on any atom is 0.251 e. The molecule has 0 aliphatic heterocycles. The van der Waals surface area contributed by atoms with Crippen LogP contribution in [0.1, 0.15) is 38.4 Å². The summed E-state index contributed by atoms with van der Waals surface area (Å²) in [5, 5.41) is 10.3. The minimum absolute atomic E-state index is 0.0831. The second-order valence-electron chi connectivity index (χ2n) is 5.57. The molecule has 0 aliphatic rings. The highest BCUT2D eigenvalue weighted by molar-refractivity contribution is 7.11. The number of nitrogens with zero attached hydrogens (tertiary/aromatic N) is 2. The minimum atomic E-state index is -0.0831. The molecule has 2 rings (SSSR count). The molecule has 1 aromatic heterocycles. The van der Waals surface area contributed by atoms with Crippen molar-refractivity contribution in [2.45, 2.75) is 33.9 Å². The van der Waals surface area contributed by atoms with E-state index < -0.39 is 0 Å². The molecule has 0 fully saturated rings. The van der Waals surface area contributed by atoms with Gasteiger partial charge >= 0.3 is 0 Å². The van der Waals surface area contributed by atoms with Gasteiger partial charge in [-0.05, 0) is 38.5 Å². The Labute approximate surface area is 152 Å². The van der Waals surface area contributed by atoms with Gasteiger partial charge in [0.15, 0.2) is 5.96 Å². The van der Waals surface area contributed by atoms with E-state index in [-0.39, 0.29) is 5.91 Å². The highest BCUT2D eigenvalue weighted by atomic mass is 32.1. The molecule has 0 unspecified atom stereocenters. The number of rotatable bonds is 6. The lowest BCUT2D eigenvalue weighted by Crippen LogP contribution is -2.36. The van der Waals surface area contributed by atoms with Crippen molar-refractivity contribution >= 4 is 23.2 Å². The van der Waals surface area contributed by atoms with Gasteiger partial charge in [-0.15, -0.1) is 11.3 Å². The Kier molecular flexibility index (Phi) is 6.94. The number of hydrogen-bond acceptors (Lipinski definition) is 4. The fraction of sp³-hybridized carbons (Fsp3) is 0.389. The number of hydrogen-bond donors (Lipinski definition) is 3. The molecule has 6 nitrogen and oxygen atoms in total. The first-order valence-electron chi connectivity index (χ1n) is 8.29. The van der Waals surface area contributed by atoms with E-state index in [0.29, 0.717) is 18.7 Å². The number of carbonyl (C=O) groups excluding carboxylic acids is 1. The van der Waals surface area contributed by atoms with Crippen molar-refractivity contribution in [3.8, 4) is 0 Å². The lowest BCUT2D eigenvalue weighted by Gasteiger charge is -2.11. The van der Waals surface area contributed by atoms with Crippen LogP contribution in [0.3, 0.4) is 0 Å². The summed E-state index contributed by atoms with van der Waals surface area (Å²) in [5.74, 6) is 0.684. The smallest absolute Gasteiger partial charge is 0.251 e. The van der Waals surface area contributed by atoms with Gasteiger partial charge < -0.3 is 16.0 Å². The fourth-order valence-electron chi connectivity index (χ4n) is 2.32. The Morgan fingerprint density at radius 3 is 2.48 bits per heavy atom. The third-order valence-electron chi connectivity index (χ3n) is 3.62. The summed E-state index contributed by atoms with van der Waals surface area (Å²) in [6.45, 7) is 8.13. The zero-order valence-electron chi connectivity index (χ0n) is 15.1. The Hall–Kier alpha value is -2.41. The van der Waals surface area contributed by atoms with Crippen molar-refractivity contribution in [2.24, 2.45) is 4.99 Å². The van der Waals surface area contributed by atoms with Crippen molar-refractivity contribution in [1.29, 1.82) is 0 Å². The predicted molar refractivity (Wildman–Crippen MR) is 103 cm³/mol. The molecule has 0 aliphatic carbocycles. The molecule has 0 radical (unpaired) electrons. The third-order valence-corrected chi connectivity index (χ3v) is 4.70. The monoisotopic (exact) mass is 359 g/mol. The lowest BCUT2D eigenvalue weighted by atomic mass is 10.1. The SMILES string of the molecule is CCNC(=NCc1ccc(C(=O)NC)cc1)NCc1sc(C)nc1C. The number of amides is 1. The van der Waals surface area contributed by atoms with Gasteiger partial charge in [0.25, 0.3) is 5.91 Å². The first-order valence-corrected chi connectivity index (χ1v) is 9.11. The van der Waals surface area contributed by atoms with Crippen molar-refractivity contribution in [3.63, 3.8) is 0 Å². The zero-order valence-corrected chi connectivity index (χ0v) is 16.0. The van der Waals surface area contributed by atoms with E-state index in [2.05, 4.69) is 25.9 Å². The maximum absolute atomic E-state index is 11.6. The van der Waals surface area contributed by atoms with Gasteiger partial charge in [0, 0.05) is 24.0 Å². The molecule has 1 amide bonds. The van der Waals surface area contributed by atoms with E-state index in [1.165, 1.54) is 4.88 Å². The Bertz CT molecular complexity index is 736. The van der Waals surface area contributed by atoms with Gasteiger partial charge in [0.2, 0.25) is 0 Å². The molecular weight excluding hydrogens is 334 g/mol. The van der Waals surface area contributed by atoms with Crippen LogP contribution < -0.4 is 16.0 Å². The van der Waals surface area contributed by atoms with Gasteiger partial charge in [-0.25, -0.2) is 9.98 Å². The number of guanidine groups is 1. The molecule has 1 aromatic carbocycles. The van der Waals surface area contributed by atoms with Crippen LogP contribution in [-0.2, 0) is 13.1 Å². The molecule has 0 saturated carbocycles. The van der Waals surface area contributed by atoms with Crippen LogP contribution in [0, 0.1) is 13.8 Å². The quantitative estimate of drug-likeness (QED) is 0.547. The molecule has 25 heavy (non-hydrogen) atoms. The van der Waals surface area contributed by atoms with E-state index in [4.69, 9.17) is 0 Å². The molecule has 0 saturated heterocycles. The van der Waals surface area contributed by atoms with Gasteiger partial charge in [-0.3, -0.25) is 4.79 Å². The summed E-state index contributed by atoms with van der Waals surface area (Å²) in [5.41, 5.74) is 2.77. The molecule has 0 atom stereocenters. The number of carbonyl (C=O) groups is 1. The second kappa shape index (κ2) is 9.17.